The van der Waals surface area contributed by atoms with E-state index in [2.05, 4.69) is 10.1 Å². The third kappa shape index (κ3) is 2.45. The maximum atomic E-state index is 12.8. The van der Waals surface area contributed by atoms with Crippen molar-refractivity contribution in [2.45, 2.75) is 0 Å². The zero-order valence-corrected chi connectivity index (χ0v) is 14.2. The van der Waals surface area contributed by atoms with Gasteiger partial charge in [0.2, 0.25) is 5.13 Å². The lowest BCUT2D eigenvalue weighted by Gasteiger charge is -2.07. The van der Waals surface area contributed by atoms with Crippen molar-refractivity contribution < 1.29 is 9.53 Å². The molecule has 0 saturated heterocycles. The molecule has 0 unspecified atom stereocenters. The van der Waals surface area contributed by atoms with Crippen LogP contribution in [0, 0.1) is 0 Å². The molecule has 1 aromatic heterocycles. The van der Waals surface area contributed by atoms with Gasteiger partial charge in [-0.25, -0.2) is 4.98 Å². The Balaban J connectivity index is 1.84. The summed E-state index contributed by atoms with van der Waals surface area (Å²) in [6.07, 6.45) is 1.28. The number of benzene rings is 2. The summed E-state index contributed by atoms with van der Waals surface area (Å²) < 4.78 is 6.37. The van der Waals surface area contributed by atoms with Crippen LogP contribution in [0.4, 0.5) is 5.13 Å². The van der Waals surface area contributed by atoms with Crippen LogP contribution in [0.5, 0.6) is 5.75 Å². The standard InChI is InChI=1S/C18H14N4O2S/c1-24-14-8-4-2-6-11(14)16-12(10-19)17(23)22(21-16)18-20-13-7-3-5-9-15(13)25-18/h2-10H,19H2,1H3/b12-10+. The lowest BCUT2D eigenvalue weighted by atomic mass is 10.0. The highest BCUT2D eigenvalue weighted by molar-refractivity contribution is 7.22. The summed E-state index contributed by atoms with van der Waals surface area (Å²) in [5.74, 6) is 0.321. The van der Waals surface area contributed by atoms with Gasteiger partial charge in [0.05, 0.1) is 22.9 Å². The fraction of sp³-hybridized carbons (Fsp3) is 0.0556. The molecule has 1 aliphatic rings. The average molecular weight is 350 g/mol. The van der Waals surface area contributed by atoms with Gasteiger partial charge in [0, 0.05) is 11.8 Å². The van der Waals surface area contributed by atoms with Gasteiger partial charge >= 0.3 is 0 Å². The smallest absolute Gasteiger partial charge is 0.284 e. The Morgan fingerprint density at radius 3 is 2.68 bits per heavy atom. The molecule has 6 nitrogen and oxygen atoms in total. The molecule has 0 bridgehead atoms. The number of methoxy groups -OCH3 is 1. The molecular formula is C18H14N4O2S. The number of fused-ring (bicyclic) bond motifs is 1. The highest BCUT2D eigenvalue weighted by Crippen LogP contribution is 2.34. The Morgan fingerprint density at radius 1 is 1.16 bits per heavy atom. The number of nitrogens with two attached hydrogens (primary N) is 1. The van der Waals surface area contributed by atoms with Crippen molar-refractivity contribution in [3.05, 3.63) is 65.9 Å². The lowest BCUT2D eigenvalue weighted by molar-refractivity contribution is -0.114. The summed E-state index contributed by atoms with van der Waals surface area (Å²) in [5.41, 5.74) is 8.05. The highest BCUT2D eigenvalue weighted by atomic mass is 32.1. The maximum absolute atomic E-state index is 12.8. The van der Waals surface area contributed by atoms with Gasteiger partial charge in [-0.15, -0.1) is 0 Å². The van der Waals surface area contributed by atoms with E-state index in [4.69, 9.17) is 10.5 Å². The van der Waals surface area contributed by atoms with E-state index >= 15 is 0 Å². The van der Waals surface area contributed by atoms with Crippen LogP contribution < -0.4 is 15.5 Å². The van der Waals surface area contributed by atoms with Crippen molar-refractivity contribution in [3.63, 3.8) is 0 Å². The van der Waals surface area contributed by atoms with Crippen molar-refractivity contribution >= 4 is 38.3 Å². The molecule has 0 fully saturated rings. The molecule has 25 heavy (non-hydrogen) atoms. The first-order chi connectivity index (χ1) is 12.2. The van der Waals surface area contributed by atoms with Gasteiger partial charge in [-0.3, -0.25) is 4.79 Å². The van der Waals surface area contributed by atoms with E-state index in [0.29, 0.717) is 27.7 Å². The second kappa shape index (κ2) is 6.03. The molecule has 1 aliphatic heterocycles. The lowest BCUT2D eigenvalue weighted by Crippen LogP contribution is -2.21. The van der Waals surface area contributed by atoms with E-state index < -0.39 is 0 Å². The molecule has 0 atom stereocenters. The minimum absolute atomic E-state index is 0.303. The van der Waals surface area contributed by atoms with Crippen LogP contribution in [0.2, 0.25) is 0 Å². The van der Waals surface area contributed by atoms with E-state index in [1.54, 1.807) is 7.11 Å². The first kappa shape index (κ1) is 15.3. The number of aromatic nitrogens is 1. The maximum Gasteiger partial charge on any atom is 0.284 e. The first-order valence-electron chi connectivity index (χ1n) is 7.57. The predicted octanol–water partition coefficient (Wildman–Crippen LogP) is 2.90. The van der Waals surface area contributed by atoms with Crippen molar-refractivity contribution in [2.24, 2.45) is 10.8 Å². The summed E-state index contributed by atoms with van der Waals surface area (Å²) >= 11 is 1.41. The largest absolute Gasteiger partial charge is 0.496 e. The fourth-order valence-electron chi connectivity index (χ4n) is 2.68. The Bertz CT molecular complexity index is 1010. The van der Waals surface area contributed by atoms with Gasteiger partial charge in [-0.05, 0) is 24.3 Å². The van der Waals surface area contributed by atoms with Gasteiger partial charge in [-0.2, -0.15) is 10.1 Å². The second-order valence-corrected chi connectivity index (χ2v) is 6.32. The van der Waals surface area contributed by atoms with Crippen LogP contribution in [0.1, 0.15) is 5.56 Å². The third-order valence-electron chi connectivity index (χ3n) is 3.87. The Hall–Kier alpha value is -3.19. The van der Waals surface area contributed by atoms with E-state index in [1.807, 2.05) is 48.5 Å². The van der Waals surface area contributed by atoms with Gasteiger partial charge in [0.15, 0.2) is 0 Å². The van der Waals surface area contributed by atoms with Crippen LogP contribution in [-0.4, -0.2) is 23.7 Å². The number of para-hydroxylation sites is 2. The normalized spacial score (nSPS) is 15.9. The number of thiazole rings is 1. The molecular weight excluding hydrogens is 336 g/mol. The molecule has 124 valence electrons. The minimum Gasteiger partial charge on any atom is -0.496 e. The highest BCUT2D eigenvalue weighted by Gasteiger charge is 2.34. The molecule has 0 aliphatic carbocycles. The quantitative estimate of drug-likeness (QED) is 0.737. The van der Waals surface area contributed by atoms with Crippen molar-refractivity contribution in [1.29, 1.82) is 0 Å². The number of carbonyl (C=O) groups excluding carboxylic acids is 1. The Morgan fingerprint density at radius 2 is 1.92 bits per heavy atom. The molecule has 3 aromatic rings. The van der Waals surface area contributed by atoms with Crippen LogP contribution >= 0.6 is 11.3 Å². The molecule has 2 N–H and O–H groups in total. The molecule has 0 saturated carbocycles. The van der Waals surface area contributed by atoms with E-state index in [1.165, 1.54) is 22.5 Å². The number of ether oxygens (including phenoxy) is 1. The number of amides is 1. The van der Waals surface area contributed by atoms with Gasteiger partial charge in [0.25, 0.3) is 5.91 Å². The topological polar surface area (TPSA) is 80.8 Å². The Kier molecular flexibility index (Phi) is 3.70. The second-order valence-electron chi connectivity index (χ2n) is 5.31. The van der Waals surface area contributed by atoms with Crippen LogP contribution in [-0.2, 0) is 4.79 Å². The summed E-state index contributed by atoms with van der Waals surface area (Å²) in [4.78, 5) is 17.3. The molecule has 0 spiro atoms. The summed E-state index contributed by atoms with van der Waals surface area (Å²) in [7, 11) is 1.58. The summed E-state index contributed by atoms with van der Waals surface area (Å²) in [6.45, 7) is 0. The number of rotatable bonds is 3. The molecule has 2 heterocycles. The van der Waals surface area contributed by atoms with Crippen molar-refractivity contribution in [2.75, 3.05) is 12.1 Å². The van der Waals surface area contributed by atoms with Gasteiger partial charge in [0.1, 0.15) is 11.5 Å². The molecule has 1 amide bonds. The van der Waals surface area contributed by atoms with Crippen LogP contribution in [0.3, 0.4) is 0 Å². The molecule has 7 heteroatoms. The zero-order chi connectivity index (χ0) is 17.4. The van der Waals surface area contributed by atoms with Crippen molar-refractivity contribution in [1.82, 2.24) is 4.98 Å². The van der Waals surface area contributed by atoms with Gasteiger partial charge in [-0.1, -0.05) is 35.6 Å². The van der Waals surface area contributed by atoms with E-state index in [9.17, 15) is 4.79 Å². The third-order valence-corrected chi connectivity index (χ3v) is 4.88. The summed E-state index contributed by atoms with van der Waals surface area (Å²) in [6, 6.07) is 15.1. The molecule has 0 radical (unpaired) electrons. The Labute approximate surface area is 147 Å². The number of hydrogen-bond donors (Lipinski definition) is 1. The predicted molar refractivity (Wildman–Crippen MR) is 98.9 cm³/mol. The zero-order valence-electron chi connectivity index (χ0n) is 13.3. The number of hydrazone groups is 1. The van der Waals surface area contributed by atoms with E-state index in [-0.39, 0.29) is 5.91 Å². The first-order valence-corrected chi connectivity index (χ1v) is 8.39. The summed E-state index contributed by atoms with van der Waals surface area (Å²) in [5, 5.41) is 6.29. The monoisotopic (exact) mass is 350 g/mol. The fourth-order valence-corrected chi connectivity index (χ4v) is 3.60. The average Bonchev–Trinajstić information content (AvgIpc) is 3.22. The molecule has 4 rings (SSSR count). The SMILES string of the molecule is COc1ccccc1C1=NN(c2nc3ccccc3s2)C(=O)/C1=C/N. The van der Waals surface area contributed by atoms with Crippen LogP contribution in [0.15, 0.2) is 65.4 Å². The van der Waals surface area contributed by atoms with Crippen LogP contribution in [0.25, 0.3) is 10.2 Å². The minimum atomic E-state index is -0.303. The number of carbonyl (C=O) groups is 1. The molecule has 2 aromatic carbocycles. The van der Waals surface area contributed by atoms with Crippen molar-refractivity contribution in [3.8, 4) is 5.75 Å². The number of anilines is 1. The number of hydrogen-bond acceptors (Lipinski definition) is 6. The van der Waals surface area contributed by atoms with E-state index in [0.717, 1.165) is 10.2 Å². The van der Waals surface area contributed by atoms with Gasteiger partial charge < -0.3 is 10.5 Å². The number of nitrogens with zero attached hydrogens (tertiary/aromatic N) is 3.